The zero-order chi connectivity index (χ0) is 16.5. The number of fused-ring (bicyclic) bond motifs is 1. The summed E-state index contributed by atoms with van der Waals surface area (Å²) in [5, 5.41) is 10.9. The zero-order valence-electron chi connectivity index (χ0n) is 12.5. The Morgan fingerprint density at radius 3 is 2.42 bits per heavy atom. The maximum Gasteiger partial charge on any atom is 0.165 e. The molecule has 0 atom stereocenters. The highest BCUT2D eigenvalue weighted by atomic mass is 16.4. The summed E-state index contributed by atoms with van der Waals surface area (Å²) >= 11 is 0. The normalized spacial score (nSPS) is 10.8. The molecule has 0 amide bonds. The first kappa shape index (κ1) is 14.1. The predicted molar refractivity (Wildman–Crippen MR) is 86.4 cm³/mol. The molecule has 0 radical (unpaired) electrons. The molecule has 4 aromatic rings. The molecule has 0 N–H and O–H groups in total. The maximum atomic E-state index is 10.9. The second kappa shape index (κ2) is 5.58. The number of carbonyl (C=O) groups is 1. The highest BCUT2D eigenvalue weighted by Gasteiger charge is 2.15. The number of carbonyl (C=O) groups excluding carboxylic acids is 1. The van der Waals surface area contributed by atoms with Gasteiger partial charge in [-0.25, -0.2) is 9.97 Å². The first-order valence-corrected chi connectivity index (χ1v) is 7.31. The quantitative estimate of drug-likeness (QED) is 0.576. The molecule has 4 rings (SSSR count). The first-order valence-electron chi connectivity index (χ1n) is 7.31. The van der Waals surface area contributed by atoms with Crippen molar-refractivity contribution < 1.29 is 9.90 Å². The Morgan fingerprint density at radius 2 is 1.71 bits per heavy atom. The van der Waals surface area contributed by atoms with Gasteiger partial charge in [-0.2, -0.15) is 0 Å². The van der Waals surface area contributed by atoms with Gasteiger partial charge < -0.3 is 9.90 Å². The number of hydrogen-bond donors (Lipinski definition) is 0. The fourth-order valence-corrected chi connectivity index (χ4v) is 2.57. The second-order valence-corrected chi connectivity index (χ2v) is 5.17. The molecular formula is C18H11N4O2-. The molecule has 0 unspecified atom stereocenters. The van der Waals surface area contributed by atoms with Gasteiger partial charge in [0.05, 0.1) is 5.97 Å². The van der Waals surface area contributed by atoms with Crippen LogP contribution in [-0.2, 0) is 0 Å². The third kappa shape index (κ3) is 2.30. The summed E-state index contributed by atoms with van der Waals surface area (Å²) in [5.74, 6) is -0.564. The average Bonchev–Trinajstić information content (AvgIpc) is 3.02. The summed E-state index contributed by atoms with van der Waals surface area (Å²) in [7, 11) is 0. The number of aromatic nitrogens is 4. The fourth-order valence-electron chi connectivity index (χ4n) is 2.57. The highest BCUT2D eigenvalue weighted by Crippen LogP contribution is 2.26. The van der Waals surface area contributed by atoms with Crippen LogP contribution in [0.4, 0.5) is 0 Å². The van der Waals surface area contributed by atoms with Crippen molar-refractivity contribution in [3.05, 3.63) is 72.6 Å². The maximum absolute atomic E-state index is 10.9. The average molecular weight is 315 g/mol. The van der Waals surface area contributed by atoms with E-state index in [1.807, 2.05) is 34.9 Å². The van der Waals surface area contributed by atoms with E-state index in [-0.39, 0.29) is 5.56 Å². The molecule has 0 aliphatic heterocycles. The Hall–Kier alpha value is -3.54. The van der Waals surface area contributed by atoms with Gasteiger partial charge in [-0.15, -0.1) is 0 Å². The third-order valence-corrected chi connectivity index (χ3v) is 3.67. The van der Waals surface area contributed by atoms with Crippen LogP contribution in [0.25, 0.3) is 28.4 Å². The van der Waals surface area contributed by atoms with Crippen LogP contribution in [0.15, 0.2) is 67.0 Å². The standard InChI is InChI=1S/C18H12N4O2/c23-18(24)12-6-8-13(9-7-12)22-16-15(5-3-11-20-16)21-17(22)14-4-1-2-10-19-14/h1-11H,(H,23,24)/p-1. The van der Waals surface area contributed by atoms with Gasteiger partial charge in [-0.3, -0.25) is 9.55 Å². The number of hydrogen-bond acceptors (Lipinski definition) is 5. The summed E-state index contributed by atoms with van der Waals surface area (Å²) in [6, 6.07) is 15.7. The molecule has 0 saturated carbocycles. The summed E-state index contributed by atoms with van der Waals surface area (Å²) in [6.45, 7) is 0. The van der Waals surface area contributed by atoms with Crippen molar-refractivity contribution in [2.24, 2.45) is 0 Å². The molecule has 6 heteroatoms. The second-order valence-electron chi connectivity index (χ2n) is 5.17. The molecule has 3 aromatic heterocycles. The smallest absolute Gasteiger partial charge is 0.165 e. The van der Waals surface area contributed by atoms with E-state index < -0.39 is 5.97 Å². The van der Waals surface area contributed by atoms with Gasteiger partial charge in [-0.05, 0) is 42.0 Å². The summed E-state index contributed by atoms with van der Waals surface area (Å²) in [6.07, 6.45) is 3.39. The number of benzene rings is 1. The minimum Gasteiger partial charge on any atom is -0.545 e. The lowest BCUT2D eigenvalue weighted by Gasteiger charge is -2.09. The van der Waals surface area contributed by atoms with E-state index in [9.17, 15) is 9.90 Å². The topological polar surface area (TPSA) is 83.7 Å². The molecule has 1 aromatic carbocycles. The lowest BCUT2D eigenvalue weighted by molar-refractivity contribution is -0.255. The van der Waals surface area contributed by atoms with E-state index in [4.69, 9.17) is 0 Å². The van der Waals surface area contributed by atoms with E-state index in [2.05, 4.69) is 15.0 Å². The molecule has 3 heterocycles. The molecule has 0 bridgehead atoms. The molecule has 0 spiro atoms. The van der Waals surface area contributed by atoms with Gasteiger partial charge in [-0.1, -0.05) is 18.2 Å². The van der Waals surface area contributed by atoms with Crippen LogP contribution in [-0.4, -0.2) is 25.5 Å². The Morgan fingerprint density at radius 1 is 0.917 bits per heavy atom. The van der Waals surface area contributed by atoms with Crippen molar-refractivity contribution in [1.29, 1.82) is 0 Å². The number of nitrogens with zero attached hydrogens (tertiary/aromatic N) is 4. The minimum atomic E-state index is -1.21. The van der Waals surface area contributed by atoms with Crippen LogP contribution in [0.5, 0.6) is 0 Å². The van der Waals surface area contributed by atoms with Crippen LogP contribution in [0.3, 0.4) is 0 Å². The van der Waals surface area contributed by atoms with Gasteiger partial charge >= 0.3 is 0 Å². The van der Waals surface area contributed by atoms with Gasteiger partial charge in [0.25, 0.3) is 0 Å². The molecule has 116 valence electrons. The lowest BCUT2D eigenvalue weighted by atomic mass is 10.2. The van der Waals surface area contributed by atoms with Crippen molar-refractivity contribution in [1.82, 2.24) is 19.5 Å². The predicted octanol–water partition coefficient (Wildman–Crippen LogP) is 1.85. The molecule has 24 heavy (non-hydrogen) atoms. The van der Waals surface area contributed by atoms with Crippen LogP contribution in [0, 0.1) is 0 Å². The number of aromatic carboxylic acids is 1. The van der Waals surface area contributed by atoms with Crippen molar-refractivity contribution >= 4 is 17.1 Å². The highest BCUT2D eigenvalue weighted by molar-refractivity contribution is 5.86. The number of rotatable bonds is 3. The van der Waals surface area contributed by atoms with E-state index >= 15 is 0 Å². The molecule has 0 fully saturated rings. The number of carboxylic acid groups (broad SMARTS) is 1. The Bertz CT molecular complexity index is 1020. The van der Waals surface area contributed by atoms with Crippen molar-refractivity contribution in [3.63, 3.8) is 0 Å². The minimum absolute atomic E-state index is 0.121. The fraction of sp³-hybridized carbons (Fsp3) is 0. The third-order valence-electron chi connectivity index (χ3n) is 3.67. The van der Waals surface area contributed by atoms with Crippen LogP contribution in [0.1, 0.15) is 10.4 Å². The van der Waals surface area contributed by atoms with E-state index in [0.717, 1.165) is 11.2 Å². The van der Waals surface area contributed by atoms with Crippen LogP contribution >= 0.6 is 0 Å². The Labute approximate surface area is 137 Å². The molecule has 6 nitrogen and oxygen atoms in total. The summed E-state index contributed by atoms with van der Waals surface area (Å²) in [4.78, 5) is 24.3. The van der Waals surface area contributed by atoms with Gasteiger partial charge in [0, 0.05) is 18.1 Å². The first-order chi connectivity index (χ1) is 11.7. The number of pyridine rings is 2. The monoisotopic (exact) mass is 315 g/mol. The van der Waals surface area contributed by atoms with E-state index in [1.165, 1.54) is 12.1 Å². The number of carboxylic acids is 1. The Balaban J connectivity index is 1.97. The molecule has 0 aliphatic carbocycles. The van der Waals surface area contributed by atoms with Crippen molar-refractivity contribution in [2.45, 2.75) is 0 Å². The largest absolute Gasteiger partial charge is 0.545 e. The van der Waals surface area contributed by atoms with Gasteiger partial charge in [0.2, 0.25) is 0 Å². The van der Waals surface area contributed by atoms with E-state index in [1.54, 1.807) is 24.5 Å². The molecular weight excluding hydrogens is 304 g/mol. The SMILES string of the molecule is O=C([O-])c1ccc(-n2c(-c3ccccn3)nc3cccnc32)cc1. The zero-order valence-corrected chi connectivity index (χ0v) is 12.5. The Kier molecular flexibility index (Phi) is 3.28. The van der Waals surface area contributed by atoms with Crippen LogP contribution < -0.4 is 5.11 Å². The van der Waals surface area contributed by atoms with Gasteiger partial charge in [0.15, 0.2) is 11.5 Å². The van der Waals surface area contributed by atoms with Crippen molar-refractivity contribution in [3.8, 4) is 17.2 Å². The summed E-state index contributed by atoms with van der Waals surface area (Å²) in [5.41, 5.74) is 3.00. The van der Waals surface area contributed by atoms with Crippen molar-refractivity contribution in [2.75, 3.05) is 0 Å². The van der Waals surface area contributed by atoms with E-state index in [0.29, 0.717) is 17.2 Å². The summed E-state index contributed by atoms with van der Waals surface area (Å²) < 4.78 is 1.86. The lowest BCUT2D eigenvalue weighted by Crippen LogP contribution is -2.22. The number of imidazole rings is 1. The van der Waals surface area contributed by atoms with Gasteiger partial charge in [0.1, 0.15) is 11.2 Å². The van der Waals surface area contributed by atoms with Crippen LogP contribution in [0.2, 0.25) is 0 Å². The molecule has 0 aliphatic rings. The molecule has 0 saturated heterocycles.